The smallest absolute Gasteiger partial charge is 0.195 e. The highest BCUT2D eigenvalue weighted by Crippen LogP contribution is 2.20. The summed E-state index contributed by atoms with van der Waals surface area (Å²) in [6.45, 7) is 0. The summed E-state index contributed by atoms with van der Waals surface area (Å²) in [6, 6.07) is 6.43. The molecular formula is C9H7BrFN3. The average molecular weight is 256 g/mol. The van der Waals surface area contributed by atoms with Crippen LogP contribution in [-0.4, -0.2) is 14.8 Å². The number of rotatable bonds is 1. The number of hydrogen-bond donors (Lipinski definition) is 0. The Morgan fingerprint density at radius 1 is 1.36 bits per heavy atom. The van der Waals surface area contributed by atoms with E-state index < -0.39 is 0 Å². The van der Waals surface area contributed by atoms with Gasteiger partial charge in [0.2, 0.25) is 0 Å². The highest BCUT2D eigenvalue weighted by Gasteiger charge is 2.10. The van der Waals surface area contributed by atoms with Crippen molar-refractivity contribution in [2.75, 3.05) is 0 Å². The largest absolute Gasteiger partial charge is 0.243 e. The summed E-state index contributed by atoms with van der Waals surface area (Å²) in [5, 5.41) is 4.06. The number of benzene rings is 1. The number of hydrogen-bond acceptors (Lipinski definition) is 2. The summed E-state index contributed by atoms with van der Waals surface area (Å²) in [5.41, 5.74) is 0.411. The lowest BCUT2D eigenvalue weighted by molar-refractivity contribution is 0.629. The second-order valence-electron chi connectivity index (χ2n) is 2.81. The van der Waals surface area contributed by atoms with Crippen molar-refractivity contribution in [2.45, 2.75) is 0 Å². The van der Waals surface area contributed by atoms with Gasteiger partial charge in [0.1, 0.15) is 5.82 Å². The molecule has 2 rings (SSSR count). The third-order valence-electron chi connectivity index (χ3n) is 1.82. The van der Waals surface area contributed by atoms with Crippen molar-refractivity contribution in [3.8, 4) is 11.4 Å². The molecule has 0 saturated carbocycles. The minimum atomic E-state index is -0.314. The SMILES string of the molecule is Cn1nc(-c2ccccc2F)nc1Br. The lowest BCUT2D eigenvalue weighted by Gasteiger charge is -1.95. The molecule has 0 aliphatic rings. The lowest BCUT2D eigenvalue weighted by Crippen LogP contribution is -1.91. The Hall–Kier alpha value is -1.23. The number of aromatic nitrogens is 3. The topological polar surface area (TPSA) is 30.7 Å². The van der Waals surface area contributed by atoms with Gasteiger partial charge in [-0.05, 0) is 28.1 Å². The van der Waals surface area contributed by atoms with Crippen LogP contribution in [0.5, 0.6) is 0 Å². The van der Waals surface area contributed by atoms with Crippen LogP contribution in [0.4, 0.5) is 4.39 Å². The van der Waals surface area contributed by atoms with Gasteiger partial charge in [-0.25, -0.2) is 14.1 Å². The third-order valence-corrected chi connectivity index (χ3v) is 2.52. The maximum atomic E-state index is 13.3. The summed E-state index contributed by atoms with van der Waals surface area (Å²) in [4.78, 5) is 4.07. The molecule has 0 aliphatic heterocycles. The van der Waals surface area contributed by atoms with Crippen molar-refractivity contribution in [3.05, 3.63) is 34.8 Å². The van der Waals surface area contributed by atoms with Crippen LogP contribution in [-0.2, 0) is 7.05 Å². The van der Waals surface area contributed by atoms with Crippen molar-refractivity contribution in [1.29, 1.82) is 0 Å². The second kappa shape index (κ2) is 3.49. The van der Waals surface area contributed by atoms with Gasteiger partial charge >= 0.3 is 0 Å². The van der Waals surface area contributed by atoms with E-state index in [1.807, 2.05) is 0 Å². The molecule has 0 radical (unpaired) electrons. The molecule has 14 heavy (non-hydrogen) atoms. The third kappa shape index (κ3) is 1.55. The Kier molecular flexibility index (Phi) is 2.33. The zero-order chi connectivity index (χ0) is 10.1. The molecule has 0 unspecified atom stereocenters. The molecule has 5 heteroatoms. The summed E-state index contributed by atoms with van der Waals surface area (Å²) >= 11 is 3.20. The highest BCUT2D eigenvalue weighted by molar-refractivity contribution is 9.10. The monoisotopic (exact) mass is 255 g/mol. The molecule has 3 nitrogen and oxygen atoms in total. The van der Waals surface area contributed by atoms with Crippen LogP contribution in [0.3, 0.4) is 0 Å². The van der Waals surface area contributed by atoms with Gasteiger partial charge < -0.3 is 0 Å². The van der Waals surface area contributed by atoms with Gasteiger partial charge in [-0.15, -0.1) is 0 Å². The van der Waals surface area contributed by atoms with Crippen LogP contribution in [0.2, 0.25) is 0 Å². The van der Waals surface area contributed by atoms with E-state index in [2.05, 4.69) is 26.0 Å². The first kappa shape index (κ1) is 9.33. The van der Waals surface area contributed by atoms with Gasteiger partial charge in [-0.2, -0.15) is 5.10 Å². The Bertz CT molecular complexity index is 447. The fraction of sp³-hybridized carbons (Fsp3) is 0.111. The summed E-state index contributed by atoms with van der Waals surface area (Å²) in [7, 11) is 1.74. The molecule has 0 aliphatic carbocycles. The van der Waals surface area contributed by atoms with Crippen LogP contribution in [0.1, 0.15) is 0 Å². The molecule has 0 bridgehead atoms. The van der Waals surface area contributed by atoms with Gasteiger partial charge in [-0.1, -0.05) is 12.1 Å². The standard InChI is InChI=1S/C9H7BrFN3/c1-14-9(10)12-8(13-14)6-4-2-3-5-7(6)11/h2-5H,1H3. The first-order valence-electron chi connectivity index (χ1n) is 4.00. The molecule has 0 spiro atoms. The van der Waals surface area contributed by atoms with E-state index in [1.165, 1.54) is 6.07 Å². The Labute approximate surface area is 88.7 Å². The number of halogens is 2. The Morgan fingerprint density at radius 3 is 2.64 bits per heavy atom. The maximum absolute atomic E-state index is 13.3. The predicted molar refractivity (Wildman–Crippen MR) is 54.1 cm³/mol. The van der Waals surface area contributed by atoms with E-state index >= 15 is 0 Å². The van der Waals surface area contributed by atoms with E-state index in [0.29, 0.717) is 16.1 Å². The lowest BCUT2D eigenvalue weighted by atomic mass is 10.2. The van der Waals surface area contributed by atoms with Gasteiger partial charge in [0.25, 0.3) is 0 Å². The molecule has 2 aromatic rings. The summed E-state index contributed by atoms with van der Waals surface area (Å²) in [5.74, 6) is 0.0723. The highest BCUT2D eigenvalue weighted by atomic mass is 79.9. The van der Waals surface area contributed by atoms with Crippen LogP contribution in [0.25, 0.3) is 11.4 Å². The van der Waals surface area contributed by atoms with E-state index in [9.17, 15) is 4.39 Å². The predicted octanol–water partition coefficient (Wildman–Crippen LogP) is 2.38. The number of aryl methyl sites for hydroxylation is 1. The van der Waals surface area contributed by atoms with Gasteiger partial charge in [-0.3, -0.25) is 0 Å². The molecule has 0 fully saturated rings. The van der Waals surface area contributed by atoms with Crippen LogP contribution >= 0.6 is 15.9 Å². The quantitative estimate of drug-likeness (QED) is 0.784. The Balaban J connectivity index is 2.55. The molecule has 72 valence electrons. The van der Waals surface area contributed by atoms with Crippen molar-refractivity contribution in [2.24, 2.45) is 7.05 Å². The molecule has 1 aromatic carbocycles. The van der Waals surface area contributed by atoms with Crippen molar-refractivity contribution >= 4 is 15.9 Å². The summed E-state index contributed by atoms with van der Waals surface area (Å²) in [6.07, 6.45) is 0. The Morgan fingerprint density at radius 2 is 2.07 bits per heavy atom. The first-order chi connectivity index (χ1) is 6.68. The molecule has 0 saturated heterocycles. The average Bonchev–Trinajstić information content (AvgIpc) is 2.48. The zero-order valence-corrected chi connectivity index (χ0v) is 8.99. The summed E-state index contributed by atoms with van der Waals surface area (Å²) < 4.78 is 15.4. The van der Waals surface area contributed by atoms with E-state index in [-0.39, 0.29) is 5.82 Å². The second-order valence-corrected chi connectivity index (χ2v) is 3.52. The molecule has 0 atom stereocenters. The molecule has 1 aromatic heterocycles. The first-order valence-corrected chi connectivity index (χ1v) is 4.79. The molecule has 0 N–H and O–H groups in total. The maximum Gasteiger partial charge on any atom is 0.195 e. The van der Waals surface area contributed by atoms with Crippen molar-refractivity contribution in [1.82, 2.24) is 14.8 Å². The van der Waals surface area contributed by atoms with E-state index in [1.54, 1.807) is 29.9 Å². The minimum absolute atomic E-state index is 0.314. The van der Waals surface area contributed by atoms with Gasteiger partial charge in [0, 0.05) is 7.05 Å². The normalized spacial score (nSPS) is 10.5. The molecule has 1 heterocycles. The molecular weight excluding hydrogens is 249 g/mol. The van der Waals surface area contributed by atoms with Crippen LogP contribution in [0.15, 0.2) is 29.0 Å². The minimum Gasteiger partial charge on any atom is -0.243 e. The zero-order valence-electron chi connectivity index (χ0n) is 7.41. The van der Waals surface area contributed by atoms with Gasteiger partial charge in [0.15, 0.2) is 10.6 Å². The fourth-order valence-electron chi connectivity index (χ4n) is 1.12. The van der Waals surface area contributed by atoms with E-state index in [4.69, 9.17) is 0 Å². The fourth-order valence-corrected chi connectivity index (χ4v) is 1.37. The van der Waals surface area contributed by atoms with Crippen LogP contribution < -0.4 is 0 Å². The number of nitrogens with zero attached hydrogens (tertiary/aromatic N) is 3. The van der Waals surface area contributed by atoms with Crippen molar-refractivity contribution < 1.29 is 4.39 Å². The van der Waals surface area contributed by atoms with Crippen molar-refractivity contribution in [3.63, 3.8) is 0 Å². The van der Waals surface area contributed by atoms with Crippen LogP contribution in [0, 0.1) is 5.82 Å². The van der Waals surface area contributed by atoms with E-state index in [0.717, 1.165) is 0 Å². The van der Waals surface area contributed by atoms with Gasteiger partial charge in [0.05, 0.1) is 5.56 Å². The molecule has 0 amide bonds.